The molecule has 9 heteroatoms. The third-order valence-electron chi connectivity index (χ3n) is 5.10. The standard InChI is InChI=1S/C20H26N4O4S/c1-4-22-9-11-23(12-10-22)18(26)14(2)29-20-21-16-8-6-5-7-15(16)19(27)24(20)13-17(25)28-3/h5-8,14H,4,9-13H2,1-3H3/t14-/m1/s1. The molecule has 156 valence electrons. The third-order valence-corrected chi connectivity index (χ3v) is 6.18. The predicted molar refractivity (Wildman–Crippen MR) is 112 cm³/mol. The second-order valence-electron chi connectivity index (χ2n) is 6.90. The molecule has 29 heavy (non-hydrogen) atoms. The van der Waals surface area contributed by atoms with Crippen LogP contribution in [0, 0.1) is 0 Å². The average molecular weight is 419 g/mol. The van der Waals surface area contributed by atoms with Gasteiger partial charge >= 0.3 is 5.97 Å². The third kappa shape index (κ3) is 4.79. The maximum atomic E-state index is 12.9. The van der Waals surface area contributed by atoms with Crippen LogP contribution in [0.25, 0.3) is 10.9 Å². The van der Waals surface area contributed by atoms with Crippen molar-refractivity contribution in [2.45, 2.75) is 30.8 Å². The Morgan fingerprint density at radius 3 is 2.55 bits per heavy atom. The number of fused-ring (bicyclic) bond motifs is 1. The zero-order valence-electron chi connectivity index (χ0n) is 17.0. The summed E-state index contributed by atoms with van der Waals surface area (Å²) in [6, 6.07) is 6.98. The first kappa shape index (κ1) is 21.3. The quantitative estimate of drug-likeness (QED) is 0.396. The van der Waals surface area contributed by atoms with E-state index >= 15 is 0 Å². The van der Waals surface area contributed by atoms with E-state index < -0.39 is 11.2 Å². The van der Waals surface area contributed by atoms with Gasteiger partial charge in [-0.2, -0.15) is 0 Å². The fraction of sp³-hybridized carbons (Fsp3) is 0.500. The molecule has 1 saturated heterocycles. The predicted octanol–water partition coefficient (Wildman–Crippen LogP) is 1.21. The highest BCUT2D eigenvalue weighted by molar-refractivity contribution is 8.00. The molecule has 1 aromatic carbocycles. The van der Waals surface area contributed by atoms with Crippen LogP contribution in [0.2, 0.25) is 0 Å². The summed E-state index contributed by atoms with van der Waals surface area (Å²) in [7, 11) is 1.27. The number of carbonyl (C=O) groups excluding carboxylic acids is 2. The number of piperazine rings is 1. The Balaban J connectivity index is 1.86. The van der Waals surface area contributed by atoms with E-state index in [9.17, 15) is 14.4 Å². The first-order valence-corrected chi connectivity index (χ1v) is 10.6. The van der Waals surface area contributed by atoms with E-state index in [1.165, 1.54) is 23.4 Å². The second-order valence-corrected chi connectivity index (χ2v) is 8.21. The fourth-order valence-corrected chi connectivity index (χ4v) is 4.31. The molecular weight excluding hydrogens is 392 g/mol. The number of nitrogens with zero attached hydrogens (tertiary/aromatic N) is 4. The minimum Gasteiger partial charge on any atom is -0.468 e. The summed E-state index contributed by atoms with van der Waals surface area (Å²) in [5.74, 6) is -0.529. The number of esters is 1. The molecule has 0 bridgehead atoms. The second kappa shape index (κ2) is 9.41. The minimum atomic E-state index is -0.541. The molecule has 2 heterocycles. The molecule has 0 unspecified atom stereocenters. The van der Waals surface area contributed by atoms with Crippen LogP contribution in [0.1, 0.15) is 13.8 Å². The van der Waals surface area contributed by atoms with Crippen molar-refractivity contribution < 1.29 is 14.3 Å². The maximum absolute atomic E-state index is 12.9. The molecule has 3 rings (SSSR count). The number of carbonyl (C=O) groups is 2. The molecule has 0 spiro atoms. The Kier molecular flexibility index (Phi) is 6.92. The zero-order valence-corrected chi connectivity index (χ0v) is 17.8. The monoisotopic (exact) mass is 418 g/mol. The number of rotatable bonds is 6. The van der Waals surface area contributed by atoms with Crippen LogP contribution < -0.4 is 5.56 Å². The van der Waals surface area contributed by atoms with Gasteiger partial charge in [0.1, 0.15) is 6.54 Å². The summed E-state index contributed by atoms with van der Waals surface area (Å²) in [5, 5.41) is 0.336. The van der Waals surface area contributed by atoms with Crippen LogP contribution in [0.15, 0.2) is 34.2 Å². The Labute approximate surface area is 173 Å². The van der Waals surface area contributed by atoms with Gasteiger partial charge in [-0.05, 0) is 25.6 Å². The molecule has 1 aliphatic heterocycles. The van der Waals surface area contributed by atoms with E-state index in [-0.39, 0.29) is 18.0 Å². The fourth-order valence-electron chi connectivity index (χ4n) is 3.32. The van der Waals surface area contributed by atoms with Crippen molar-refractivity contribution in [3.63, 3.8) is 0 Å². The maximum Gasteiger partial charge on any atom is 0.325 e. The van der Waals surface area contributed by atoms with E-state index in [0.29, 0.717) is 29.1 Å². The Morgan fingerprint density at radius 1 is 1.21 bits per heavy atom. The summed E-state index contributed by atoms with van der Waals surface area (Å²) in [6.07, 6.45) is 0. The summed E-state index contributed by atoms with van der Waals surface area (Å²) < 4.78 is 6.02. The molecule has 1 fully saturated rings. The lowest BCUT2D eigenvalue weighted by molar-refractivity contribution is -0.141. The van der Waals surface area contributed by atoms with Crippen molar-refractivity contribution in [3.8, 4) is 0 Å². The van der Waals surface area contributed by atoms with Crippen molar-refractivity contribution >= 4 is 34.5 Å². The van der Waals surface area contributed by atoms with Gasteiger partial charge < -0.3 is 14.5 Å². The molecule has 1 aromatic heterocycles. The van der Waals surface area contributed by atoms with E-state index in [2.05, 4.69) is 16.8 Å². The number of hydrogen-bond donors (Lipinski definition) is 0. The first-order valence-electron chi connectivity index (χ1n) is 9.68. The van der Waals surface area contributed by atoms with Gasteiger partial charge in [0, 0.05) is 26.2 Å². The van der Waals surface area contributed by atoms with Crippen LogP contribution >= 0.6 is 11.8 Å². The average Bonchev–Trinajstić information content (AvgIpc) is 2.75. The highest BCUT2D eigenvalue weighted by Gasteiger charge is 2.27. The number of methoxy groups -OCH3 is 1. The van der Waals surface area contributed by atoms with Gasteiger partial charge in [-0.1, -0.05) is 30.8 Å². The van der Waals surface area contributed by atoms with Gasteiger partial charge in [0.2, 0.25) is 5.91 Å². The van der Waals surface area contributed by atoms with Crippen molar-refractivity contribution in [2.75, 3.05) is 39.8 Å². The van der Waals surface area contributed by atoms with Gasteiger partial charge in [0.15, 0.2) is 5.16 Å². The van der Waals surface area contributed by atoms with Gasteiger partial charge in [0.25, 0.3) is 5.56 Å². The molecule has 1 aliphatic rings. The summed E-state index contributed by atoms with van der Waals surface area (Å²) >= 11 is 1.20. The lowest BCUT2D eigenvalue weighted by atomic mass is 10.2. The van der Waals surface area contributed by atoms with Crippen molar-refractivity contribution in [1.29, 1.82) is 0 Å². The van der Waals surface area contributed by atoms with Crippen LogP contribution in [0.4, 0.5) is 0 Å². The lowest BCUT2D eigenvalue weighted by Crippen LogP contribution is -2.50. The number of thioether (sulfide) groups is 1. The normalized spacial score (nSPS) is 16.0. The van der Waals surface area contributed by atoms with Crippen LogP contribution in [0.5, 0.6) is 0 Å². The number of aromatic nitrogens is 2. The number of ether oxygens (including phenoxy) is 1. The summed E-state index contributed by atoms with van der Waals surface area (Å²) in [5.41, 5.74) is 0.219. The molecule has 8 nitrogen and oxygen atoms in total. The number of hydrogen-bond acceptors (Lipinski definition) is 7. The van der Waals surface area contributed by atoms with E-state index in [0.717, 1.165) is 19.6 Å². The van der Waals surface area contributed by atoms with Gasteiger partial charge in [0.05, 0.1) is 23.3 Å². The summed E-state index contributed by atoms with van der Waals surface area (Å²) in [6.45, 7) is 7.76. The Bertz CT molecular complexity index is 953. The molecule has 0 radical (unpaired) electrons. The topological polar surface area (TPSA) is 84.7 Å². The zero-order chi connectivity index (χ0) is 21.0. The molecule has 0 N–H and O–H groups in total. The molecular formula is C20H26N4O4S. The largest absolute Gasteiger partial charge is 0.468 e. The minimum absolute atomic E-state index is 0.0118. The lowest BCUT2D eigenvalue weighted by Gasteiger charge is -2.35. The number of likely N-dealkylation sites (N-methyl/N-ethyl adjacent to an activating group) is 1. The molecule has 1 amide bonds. The highest BCUT2D eigenvalue weighted by atomic mass is 32.2. The smallest absolute Gasteiger partial charge is 0.325 e. The Hall–Kier alpha value is -2.39. The molecule has 2 aromatic rings. The van der Waals surface area contributed by atoms with E-state index in [1.54, 1.807) is 24.3 Å². The molecule has 0 saturated carbocycles. The van der Waals surface area contributed by atoms with Gasteiger partial charge in [-0.3, -0.25) is 19.0 Å². The highest BCUT2D eigenvalue weighted by Crippen LogP contribution is 2.24. The SMILES string of the molecule is CCN1CCN(C(=O)[C@@H](C)Sc2nc3ccccc3c(=O)n2CC(=O)OC)CC1. The van der Waals surface area contributed by atoms with Crippen molar-refractivity contribution in [1.82, 2.24) is 19.4 Å². The summed E-state index contributed by atoms with van der Waals surface area (Å²) in [4.78, 5) is 46.4. The van der Waals surface area contributed by atoms with Crippen molar-refractivity contribution in [2.24, 2.45) is 0 Å². The van der Waals surface area contributed by atoms with Gasteiger partial charge in [-0.25, -0.2) is 4.98 Å². The molecule has 1 atom stereocenters. The molecule has 0 aliphatic carbocycles. The Morgan fingerprint density at radius 2 is 1.90 bits per heavy atom. The van der Waals surface area contributed by atoms with Crippen LogP contribution in [-0.2, 0) is 20.9 Å². The number of amides is 1. The van der Waals surface area contributed by atoms with Gasteiger partial charge in [-0.15, -0.1) is 0 Å². The van der Waals surface area contributed by atoms with Crippen LogP contribution in [0.3, 0.4) is 0 Å². The van der Waals surface area contributed by atoms with E-state index in [4.69, 9.17) is 4.74 Å². The first-order chi connectivity index (χ1) is 13.9. The van der Waals surface area contributed by atoms with E-state index in [1.807, 2.05) is 11.8 Å². The van der Waals surface area contributed by atoms with Crippen LogP contribution in [-0.4, -0.2) is 76.3 Å². The number of benzene rings is 1. The van der Waals surface area contributed by atoms with Crippen molar-refractivity contribution in [3.05, 3.63) is 34.6 Å². The number of para-hydroxylation sites is 1.